The largest absolute Gasteiger partial charge is 0.389 e. The molecule has 0 atom stereocenters. The Morgan fingerprint density at radius 1 is 1.09 bits per heavy atom. The number of hydrogen-bond donors (Lipinski definition) is 2. The first-order valence-electron chi connectivity index (χ1n) is 10.1. The number of nitrogens with one attached hydrogen (secondary N) is 1. The Balaban J connectivity index is 1.49. The normalized spacial score (nSPS) is 11.8. The van der Waals surface area contributed by atoms with Gasteiger partial charge in [-0.05, 0) is 50.2 Å². The smallest absolute Gasteiger partial charge is 0.258 e. The lowest BCUT2D eigenvalue weighted by Gasteiger charge is -2.20. The predicted octanol–water partition coefficient (Wildman–Crippen LogP) is 3.16. The van der Waals surface area contributed by atoms with Crippen LogP contribution in [0.25, 0.3) is 28.1 Å². The SMILES string of the molecule is CC(C)(O)Cn1c(NC(=O)c2ccnc(-c3cnc4cccnn34)c2)nc2ccccc21. The minimum absolute atomic E-state index is 0.276. The molecule has 0 unspecified atom stereocenters. The van der Waals surface area contributed by atoms with Crippen LogP contribution in [0.2, 0.25) is 0 Å². The highest BCUT2D eigenvalue weighted by molar-refractivity contribution is 6.04. The van der Waals surface area contributed by atoms with E-state index in [1.54, 1.807) is 49.1 Å². The standard InChI is InChI=1S/C23H21N7O2/c1-23(2,32)14-29-18-7-4-3-6-16(18)27-22(29)28-21(31)15-9-11-24-17(12-15)19-13-25-20-8-5-10-26-30(19)20/h3-13,32H,14H2,1-2H3,(H,27,28,31). The van der Waals surface area contributed by atoms with Gasteiger partial charge in [-0.2, -0.15) is 5.10 Å². The number of anilines is 1. The third kappa shape index (κ3) is 3.69. The summed E-state index contributed by atoms with van der Waals surface area (Å²) in [6.45, 7) is 3.71. The van der Waals surface area contributed by atoms with E-state index in [1.165, 1.54) is 0 Å². The van der Waals surface area contributed by atoms with Gasteiger partial charge in [0.15, 0.2) is 5.65 Å². The highest BCUT2D eigenvalue weighted by Gasteiger charge is 2.21. The van der Waals surface area contributed by atoms with E-state index in [0.29, 0.717) is 28.5 Å². The number of para-hydroxylation sites is 2. The zero-order valence-electron chi connectivity index (χ0n) is 17.6. The number of hydrogen-bond acceptors (Lipinski definition) is 6. The summed E-state index contributed by atoms with van der Waals surface area (Å²) < 4.78 is 3.48. The van der Waals surface area contributed by atoms with Crippen LogP contribution < -0.4 is 5.32 Å². The van der Waals surface area contributed by atoms with Crippen LogP contribution in [0.1, 0.15) is 24.2 Å². The van der Waals surface area contributed by atoms with Crippen molar-refractivity contribution >= 4 is 28.5 Å². The van der Waals surface area contributed by atoms with Crippen molar-refractivity contribution in [2.75, 3.05) is 5.32 Å². The molecule has 5 rings (SSSR count). The minimum Gasteiger partial charge on any atom is -0.389 e. The quantitative estimate of drug-likeness (QED) is 0.446. The molecule has 4 aromatic heterocycles. The first-order valence-corrected chi connectivity index (χ1v) is 10.1. The maximum Gasteiger partial charge on any atom is 0.258 e. The van der Waals surface area contributed by atoms with Gasteiger partial charge in [-0.15, -0.1) is 0 Å². The maximum atomic E-state index is 13.1. The summed E-state index contributed by atoms with van der Waals surface area (Å²) in [4.78, 5) is 26.4. The molecule has 0 saturated carbocycles. The van der Waals surface area contributed by atoms with Gasteiger partial charge in [-0.1, -0.05) is 12.1 Å². The van der Waals surface area contributed by atoms with Crippen LogP contribution in [-0.4, -0.2) is 45.7 Å². The van der Waals surface area contributed by atoms with Gasteiger partial charge >= 0.3 is 0 Å². The van der Waals surface area contributed by atoms with Crippen molar-refractivity contribution in [3.8, 4) is 11.4 Å². The highest BCUT2D eigenvalue weighted by atomic mass is 16.3. The zero-order chi connectivity index (χ0) is 22.3. The number of carbonyl (C=O) groups excluding carboxylic acids is 1. The Hall–Kier alpha value is -4.11. The molecule has 5 aromatic rings. The van der Waals surface area contributed by atoms with Gasteiger partial charge in [-0.25, -0.2) is 14.5 Å². The van der Waals surface area contributed by atoms with Gasteiger partial charge in [0.2, 0.25) is 5.95 Å². The van der Waals surface area contributed by atoms with E-state index in [1.807, 2.05) is 41.0 Å². The second kappa shape index (κ2) is 7.54. The van der Waals surface area contributed by atoms with Crippen LogP contribution in [0.4, 0.5) is 5.95 Å². The Labute approximate surface area is 183 Å². The number of carbonyl (C=O) groups is 1. The summed E-state index contributed by atoms with van der Waals surface area (Å²) in [5, 5.41) is 17.6. The molecule has 1 aromatic carbocycles. The number of aliphatic hydroxyl groups is 1. The van der Waals surface area contributed by atoms with Gasteiger partial charge in [0, 0.05) is 18.0 Å². The number of pyridine rings is 1. The van der Waals surface area contributed by atoms with Crippen LogP contribution in [0.5, 0.6) is 0 Å². The van der Waals surface area contributed by atoms with E-state index < -0.39 is 5.60 Å². The van der Waals surface area contributed by atoms with Gasteiger partial charge in [-0.3, -0.25) is 15.1 Å². The molecule has 0 fully saturated rings. The number of rotatable bonds is 5. The average molecular weight is 427 g/mol. The van der Waals surface area contributed by atoms with E-state index in [4.69, 9.17) is 0 Å². The molecule has 0 saturated heterocycles. The lowest BCUT2D eigenvalue weighted by atomic mass is 10.1. The number of nitrogens with zero attached hydrogens (tertiary/aromatic N) is 6. The molecule has 0 radical (unpaired) electrons. The van der Waals surface area contributed by atoms with Crippen molar-refractivity contribution in [3.63, 3.8) is 0 Å². The molecular formula is C23H21N7O2. The second-order valence-corrected chi connectivity index (χ2v) is 8.14. The molecule has 2 N–H and O–H groups in total. The molecule has 160 valence electrons. The van der Waals surface area contributed by atoms with Crippen molar-refractivity contribution in [2.24, 2.45) is 0 Å². The van der Waals surface area contributed by atoms with E-state index in [0.717, 1.165) is 11.0 Å². The lowest BCUT2D eigenvalue weighted by Crippen LogP contribution is -2.27. The van der Waals surface area contributed by atoms with Crippen LogP contribution >= 0.6 is 0 Å². The number of imidazole rings is 2. The predicted molar refractivity (Wildman–Crippen MR) is 120 cm³/mol. The molecule has 32 heavy (non-hydrogen) atoms. The third-order valence-corrected chi connectivity index (χ3v) is 4.99. The molecule has 0 spiro atoms. The van der Waals surface area contributed by atoms with E-state index in [9.17, 15) is 9.90 Å². The molecule has 0 aliphatic rings. The van der Waals surface area contributed by atoms with Crippen molar-refractivity contribution in [1.82, 2.24) is 29.1 Å². The average Bonchev–Trinajstić information content (AvgIpc) is 3.35. The fourth-order valence-corrected chi connectivity index (χ4v) is 3.61. The van der Waals surface area contributed by atoms with E-state index >= 15 is 0 Å². The Morgan fingerprint density at radius 3 is 2.78 bits per heavy atom. The molecular weight excluding hydrogens is 406 g/mol. The highest BCUT2D eigenvalue weighted by Crippen LogP contribution is 2.24. The molecule has 0 aliphatic carbocycles. The summed E-state index contributed by atoms with van der Waals surface area (Å²) in [7, 11) is 0. The van der Waals surface area contributed by atoms with Crippen LogP contribution in [0, 0.1) is 0 Å². The minimum atomic E-state index is -0.983. The van der Waals surface area contributed by atoms with E-state index in [2.05, 4.69) is 25.4 Å². The van der Waals surface area contributed by atoms with E-state index in [-0.39, 0.29) is 12.5 Å². The third-order valence-electron chi connectivity index (χ3n) is 4.99. The van der Waals surface area contributed by atoms with Crippen LogP contribution in [0.15, 0.2) is 67.1 Å². The maximum absolute atomic E-state index is 13.1. The number of amides is 1. The van der Waals surface area contributed by atoms with Gasteiger partial charge < -0.3 is 9.67 Å². The first-order chi connectivity index (χ1) is 15.4. The zero-order valence-corrected chi connectivity index (χ0v) is 17.6. The van der Waals surface area contributed by atoms with Crippen molar-refractivity contribution < 1.29 is 9.90 Å². The Kier molecular flexibility index (Phi) is 4.67. The van der Waals surface area contributed by atoms with Crippen LogP contribution in [-0.2, 0) is 6.54 Å². The summed E-state index contributed by atoms with van der Waals surface area (Å²) in [5.74, 6) is 0.0379. The second-order valence-electron chi connectivity index (χ2n) is 8.14. The Morgan fingerprint density at radius 2 is 1.94 bits per heavy atom. The lowest BCUT2D eigenvalue weighted by molar-refractivity contribution is 0.0630. The summed E-state index contributed by atoms with van der Waals surface area (Å²) >= 11 is 0. The summed E-state index contributed by atoms with van der Waals surface area (Å²) in [6, 6.07) is 14.5. The number of aromatic nitrogens is 6. The van der Waals surface area contributed by atoms with Crippen molar-refractivity contribution in [2.45, 2.75) is 26.0 Å². The topological polar surface area (TPSA) is 110 Å². The molecule has 9 heteroatoms. The molecule has 1 amide bonds. The van der Waals surface area contributed by atoms with Crippen molar-refractivity contribution in [1.29, 1.82) is 0 Å². The molecule has 0 aliphatic heterocycles. The Bertz CT molecular complexity index is 1450. The van der Waals surface area contributed by atoms with Gasteiger partial charge in [0.1, 0.15) is 5.69 Å². The molecule has 0 bridgehead atoms. The first kappa shape index (κ1) is 19.8. The molecule has 9 nitrogen and oxygen atoms in total. The van der Waals surface area contributed by atoms with Crippen LogP contribution in [0.3, 0.4) is 0 Å². The monoisotopic (exact) mass is 427 g/mol. The molecule has 4 heterocycles. The fourth-order valence-electron chi connectivity index (χ4n) is 3.61. The fraction of sp³-hybridized carbons (Fsp3) is 0.174. The number of fused-ring (bicyclic) bond motifs is 2. The number of benzene rings is 1. The van der Waals surface area contributed by atoms with Crippen molar-refractivity contribution in [3.05, 3.63) is 72.7 Å². The summed E-state index contributed by atoms with van der Waals surface area (Å²) in [6.07, 6.45) is 4.92. The van der Waals surface area contributed by atoms with Gasteiger partial charge in [0.05, 0.1) is 35.1 Å². The van der Waals surface area contributed by atoms with Gasteiger partial charge in [0.25, 0.3) is 5.91 Å². The summed E-state index contributed by atoms with van der Waals surface area (Å²) in [5.41, 5.74) is 2.96.